The first-order chi connectivity index (χ1) is 14.1. The van der Waals surface area contributed by atoms with Crippen LogP contribution in [0.2, 0.25) is 0 Å². The van der Waals surface area contributed by atoms with E-state index in [0.29, 0.717) is 33.4 Å². The summed E-state index contributed by atoms with van der Waals surface area (Å²) in [6.45, 7) is 3.97. The summed E-state index contributed by atoms with van der Waals surface area (Å²) in [5.41, 5.74) is 0.649. The van der Waals surface area contributed by atoms with Crippen LogP contribution in [0, 0.1) is 0 Å². The van der Waals surface area contributed by atoms with E-state index in [1.165, 1.54) is 11.7 Å². The summed E-state index contributed by atoms with van der Waals surface area (Å²) in [7, 11) is 3.07. The zero-order chi connectivity index (χ0) is 20.8. The Morgan fingerprint density at radius 3 is 2.86 bits per heavy atom. The van der Waals surface area contributed by atoms with Gasteiger partial charge in [0.1, 0.15) is 11.5 Å². The highest BCUT2D eigenvalue weighted by atomic mass is 32.2. The maximum absolute atomic E-state index is 12.7. The second-order valence-electron chi connectivity index (χ2n) is 5.88. The molecule has 9 heteroatoms. The summed E-state index contributed by atoms with van der Waals surface area (Å²) in [6, 6.07) is 8.47. The Hall–Kier alpha value is -3.33. The predicted molar refractivity (Wildman–Crippen MR) is 113 cm³/mol. The zero-order valence-electron chi connectivity index (χ0n) is 16.0. The number of benzene rings is 1. The third-order valence-corrected chi connectivity index (χ3v) is 5.00. The van der Waals surface area contributed by atoms with E-state index in [9.17, 15) is 9.59 Å². The lowest BCUT2D eigenvalue weighted by Crippen LogP contribution is -2.24. The summed E-state index contributed by atoms with van der Waals surface area (Å²) >= 11 is 1.15. The molecule has 0 unspecified atom stereocenters. The van der Waals surface area contributed by atoms with Gasteiger partial charge in [0, 0.05) is 18.8 Å². The fraction of sp³-hybridized carbons (Fsp3) is 0.200. The van der Waals surface area contributed by atoms with Gasteiger partial charge in [-0.05, 0) is 24.3 Å². The van der Waals surface area contributed by atoms with Crippen LogP contribution in [0.1, 0.15) is 0 Å². The fourth-order valence-electron chi connectivity index (χ4n) is 2.65. The number of hydrogen-bond acceptors (Lipinski definition) is 7. The molecule has 0 fully saturated rings. The van der Waals surface area contributed by atoms with Crippen LogP contribution in [0.5, 0.6) is 11.5 Å². The summed E-state index contributed by atoms with van der Waals surface area (Å²) in [4.78, 5) is 33.7. The number of aromatic nitrogens is 3. The lowest BCUT2D eigenvalue weighted by atomic mass is 10.2. The highest BCUT2D eigenvalue weighted by molar-refractivity contribution is 7.99. The number of nitrogens with one attached hydrogen (secondary N) is 1. The molecule has 0 aliphatic rings. The topological polar surface area (TPSA) is 95.3 Å². The minimum Gasteiger partial charge on any atom is -0.497 e. The number of amides is 1. The number of anilines is 1. The van der Waals surface area contributed by atoms with E-state index in [2.05, 4.69) is 21.9 Å². The molecule has 0 aliphatic carbocycles. The maximum Gasteiger partial charge on any atom is 0.263 e. The second-order valence-corrected chi connectivity index (χ2v) is 6.82. The van der Waals surface area contributed by atoms with E-state index >= 15 is 0 Å². The normalized spacial score (nSPS) is 10.6. The molecule has 8 nitrogen and oxygen atoms in total. The molecule has 0 saturated heterocycles. The monoisotopic (exact) mass is 412 g/mol. The van der Waals surface area contributed by atoms with Crippen molar-refractivity contribution in [3.8, 4) is 11.5 Å². The van der Waals surface area contributed by atoms with E-state index in [-0.39, 0.29) is 23.8 Å². The Bertz CT molecular complexity index is 1110. The first-order valence-electron chi connectivity index (χ1n) is 8.68. The molecule has 150 valence electrons. The molecule has 1 N–H and O–H groups in total. The zero-order valence-corrected chi connectivity index (χ0v) is 16.9. The van der Waals surface area contributed by atoms with Crippen LogP contribution in [0.3, 0.4) is 0 Å². The van der Waals surface area contributed by atoms with Crippen LogP contribution < -0.4 is 20.3 Å². The molecule has 2 heterocycles. The fourth-order valence-corrected chi connectivity index (χ4v) is 3.45. The molecular weight excluding hydrogens is 392 g/mol. The van der Waals surface area contributed by atoms with Crippen molar-refractivity contribution in [3.05, 3.63) is 59.5 Å². The third kappa shape index (κ3) is 4.57. The van der Waals surface area contributed by atoms with Gasteiger partial charge in [0.15, 0.2) is 10.8 Å². The molecule has 2 aromatic heterocycles. The van der Waals surface area contributed by atoms with Crippen LogP contribution in [0.25, 0.3) is 11.0 Å². The number of pyridine rings is 1. The van der Waals surface area contributed by atoms with Crippen molar-refractivity contribution < 1.29 is 14.3 Å². The summed E-state index contributed by atoms with van der Waals surface area (Å²) in [5.74, 6) is 0.894. The van der Waals surface area contributed by atoms with Crippen LogP contribution in [-0.4, -0.2) is 40.4 Å². The predicted octanol–water partition coefficient (Wildman–Crippen LogP) is 2.73. The van der Waals surface area contributed by atoms with Crippen LogP contribution in [0.4, 0.5) is 5.69 Å². The van der Waals surface area contributed by atoms with Crippen molar-refractivity contribution in [1.82, 2.24) is 14.5 Å². The summed E-state index contributed by atoms with van der Waals surface area (Å²) in [5, 5.41) is 3.62. The quantitative estimate of drug-likeness (QED) is 0.345. The van der Waals surface area contributed by atoms with E-state index in [0.717, 1.165) is 11.8 Å². The number of ether oxygens (including phenoxy) is 2. The van der Waals surface area contributed by atoms with Crippen molar-refractivity contribution in [2.75, 3.05) is 25.3 Å². The van der Waals surface area contributed by atoms with Crippen LogP contribution in [0.15, 0.2) is 59.1 Å². The average Bonchev–Trinajstić information content (AvgIpc) is 2.75. The minimum atomic E-state index is -0.265. The molecule has 0 saturated carbocycles. The number of thioether (sulfide) groups is 1. The van der Waals surface area contributed by atoms with Gasteiger partial charge in [-0.25, -0.2) is 9.97 Å². The Balaban J connectivity index is 1.80. The molecule has 3 aromatic rings. The second kappa shape index (κ2) is 9.24. The van der Waals surface area contributed by atoms with E-state index in [4.69, 9.17) is 9.47 Å². The third-order valence-electron chi connectivity index (χ3n) is 4.02. The molecule has 0 bridgehead atoms. The number of hydrogen-bond donors (Lipinski definition) is 1. The number of fused-ring (bicyclic) bond motifs is 1. The van der Waals surface area contributed by atoms with E-state index < -0.39 is 0 Å². The maximum atomic E-state index is 12.7. The average molecular weight is 412 g/mol. The molecule has 0 atom stereocenters. The Labute approximate surface area is 171 Å². The van der Waals surface area contributed by atoms with Gasteiger partial charge in [0.2, 0.25) is 5.91 Å². The Morgan fingerprint density at radius 2 is 2.14 bits per heavy atom. The summed E-state index contributed by atoms with van der Waals surface area (Å²) in [6.07, 6.45) is 3.18. The molecule has 0 aliphatic heterocycles. The van der Waals surface area contributed by atoms with Gasteiger partial charge < -0.3 is 14.8 Å². The lowest BCUT2D eigenvalue weighted by molar-refractivity contribution is -0.113. The highest BCUT2D eigenvalue weighted by Crippen LogP contribution is 2.29. The van der Waals surface area contributed by atoms with E-state index in [1.807, 2.05) is 0 Å². The molecule has 0 radical (unpaired) electrons. The van der Waals surface area contributed by atoms with Gasteiger partial charge >= 0.3 is 0 Å². The molecule has 1 aromatic carbocycles. The Morgan fingerprint density at radius 1 is 1.31 bits per heavy atom. The van der Waals surface area contributed by atoms with Crippen LogP contribution >= 0.6 is 11.8 Å². The first kappa shape index (κ1) is 20.4. The van der Waals surface area contributed by atoms with Crippen molar-refractivity contribution >= 4 is 34.4 Å². The first-order valence-corrected chi connectivity index (χ1v) is 9.67. The van der Waals surface area contributed by atoms with E-state index in [1.54, 1.807) is 49.7 Å². The molecule has 29 heavy (non-hydrogen) atoms. The van der Waals surface area contributed by atoms with Gasteiger partial charge in [0.05, 0.1) is 31.0 Å². The summed E-state index contributed by atoms with van der Waals surface area (Å²) < 4.78 is 11.9. The number of nitrogens with zero attached hydrogens (tertiary/aromatic N) is 3. The van der Waals surface area contributed by atoms with Gasteiger partial charge in [-0.1, -0.05) is 17.8 Å². The number of allylic oxidation sites excluding steroid dienone is 1. The number of methoxy groups -OCH3 is 2. The van der Waals surface area contributed by atoms with Crippen LogP contribution in [-0.2, 0) is 11.3 Å². The van der Waals surface area contributed by atoms with Crippen molar-refractivity contribution in [1.29, 1.82) is 0 Å². The smallest absolute Gasteiger partial charge is 0.263 e. The van der Waals surface area contributed by atoms with Gasteiger partial charge in [-0.15, -0.1) is 6.58 Å². The number of carbonyl (C=O) groups excluding carboxylic acids is 1. The molecule has 0 spiro atoms. The molecular formula is C20H20N4O4S. The van der Waals surface area contributed by atoms with Gasteiger partial charge in [-0.3, -0.25) is 14.2 Å². The van der Waals surface area contributed by atoms with Gasteiger partial charge in [-0.2, -0.15) is 0 Å². The lowest BCUT2D eigenvalue weighted by Gasteiger charge is -2.13. The standard InChI is InChI=1S/C20H20N4O4S/c1-4-10-24-19(26)14-6-5-9-21-18(14)23-20(24)29-12-17(25)22-15-8-7-13(27-2)11-16(15)28-3/h4-9,11H,1,10,12H2,2-3H3,(H,22,25). The SMILES string of the molecule is C=CCn1c(SCC(=O)Nc2ccc(OC)cc2OC)nc2ncccc2c1=O. The van der Waals surface area contributed by atoms with Crippen molar-refractivity contribution in [3.63, 3.8) is 0 Å². The number of rotatable bonds is 8. The number of carbonyl (C=O) groups is 1. The largest absolute Gasteiger partial charge is 0.497 e. The molecule has 1 amide bonds. The molecule has 3 rings (SSSR count). The van der Waals surface area contributed by atoms with Crippen molar-refractivity contribution in [2.45, 2.75) is 11.7 Å². The van der Waals surface area contributed by atoms with Gasteiger partial charge in [0.25, 0.3) is 5.56 Å². The Kier molecular flexibility index (Phi) is 6.50. The van der Waals surface area contributed by atoms with Crippen molar-refractivity contribution in [2.24, 2.45) is 0 Å². The minimum absolute atomic E-state index is 0.0527. The highest BCUT2D eigenvalue weighted by Gasteiger charge is 2.14.